The third-order valence-electron chi connectivity index (χ3n) is 3.69. The van der Waals surface area contributed by atoms with Gasteiger partial charge in [-0.15, -0.1) is 0 Å². The Morgan fingerprint density at radius 3 is 2.80 bits per heavy atom. The molecule has 0 fully saturated rings. The van der Waals surface area contributed by atoms with Crippen molar-refractivity contribution in [1.82, 2.24) is 10.2 Å². The van der Waals surface area contributed by atoms with Crippen LogP contribution in [-0.2, 0) is 17.8 Å². The van der Waals surface area contributed by atoms with Gasteiger partial charge in [-0.3, -0.25) is 4.90 Å². The van der Waals surface area contributed by atoms with Crippen LogP contribution in [0.4, 0.5) is 0 Å². The van der Waals surface area contributed by atoms with E-state index >= 15 is 0 Å². The van der Waals surface area contributed by atoms with Crippen LogP contribution in [0.2, 0.25) is 0 Å². The highest BCUT2D eigenvalue weighted by atomic mass is 16.5. The first kappa shape index (κ1) is 15.0. The molecule has 0 amide bonds. The monoisotopic (exact) mass is 276 g/mol. The van der Waals surface area contributed by atoms with Gasteiger partial charge in [-0.25, -0.2) is 0 Å². The fraction of sp³-hybridized carbons (Fsp3) is 0.500. The van der Waals surface area contributed by atoms with E-state index in [9.17, 15) is 0 Å². The summed E-state index contributed by atoms with van der Waals surface area (Å²) in [6.45, 7) is 4.48. The van der Waals surface area contributed by atoms with Gasteiger partial charge in [0.25, 0.3) is 0 Å². The Hall–Kier alpha value is -1.36. The van der Waals surface area contributed by atoms with Gasteiger partial charge >= 0.3 is 0 Å². The fourth-order valence-corrected chi connectivity index (χ4v) is 2.40. The molecule has 1 unspecified atom stereocenters. The Kier molecular flexibility index (Phi) is 5.17. The molecule has 4 nitrogen and oxygen atoms in total. The van der Waals surface area contributed by atoms with Gasteiger partial charge in [-0.2, -0.15) is 0 Å². The third kappa shape index (κ3) is 3.20. The Morgan fingerprint density at radius 2 is 2.10 bits per heavy atom. The largest absolute Gasteiger partial charge is 0.459 e. The number of fused-ring (bicyclic) bond motifs is 1. The molecule has 1 heterocycles. The minimum Gasteiger partial charge on any atom is -0.459 e. The van der Waals surface area contributed by atoms with E-state index < -0.39 is 0 Å². The van der Waals surface area contributed by atoms with Gasteiger partial charge in [-0.05, 0) is 27.1 Å². The summed E-state index contributed by atoms with van der Waals surface area (Å²) in [5.41, 5.74) is 2.21. The molecule has 0 aliphatic heterocycles. The maximum atomic E-state index is 6.03. The first-order valence-electron chi connectivity index (χ1n) is 7.00. The van der Waals surface area contributed by atoms with Gasteiger partial charge in [0.1, 0.15) is 11.3 Å². The fourth-order valence-electron chi connectivity index (χ4n) is 2.40. The second-order valence-corrected chi connectivity index (χ2v) is 5.25. The SMILES string of the molecule is CNCc1c(CN(C)C(C)COC)oc2ccccc12. The van der Waals surface area contributed by atoms with Crippen LogP contribution >= 0.6 is 0 Å². The van der Waals surface area contributed by atoms with Crippen molar-refractivity contribution in [3.05, 3.63) is 35.6 Å². The van der Waals surface area contributed by atoms with Crippen LogP contribution in [0.5, 0.6) is 0 Å². The highest BCUT2D eigenvalue weighted by Crippen LogP contribution is 2.27. The van der Waals surface area contributed by atoms with E-state index in [0.29, 0.717) is 6.04 Å². The van der Waals surface area contributed by atoms with Crippen molar-refractivity contribution < 1.29 is 9.15 Å². The molecule has 110 valence electrons. The Bertz CT molecular complexity index is 550. The summed E-state index contributed by atoms with van der Waals surface area (Å²) >= 11 is 0. The van der Waals surface area contributed by atoms with Crippen molar-refractivity contribution in [3.8, 4) is 0 Å². The smallest absolute Gasteiger partial charge is 0.134 e. The van der Waals surface area contributed by atoms with Gasteiger partial charge in [0.15, 0.2) is 0 Å². The molecule has 1 aromatic heterocycles. The predicted molar refractivity (Wildman–Crippen MR) is 81.8 cm³/mol. The Labute approximate surface area is 120 Å². The normalized spacial score (nSPS) is 13.2. The average Bonchev–Trinajstić information content (AvgIpc) is 2.78. The summed E-state index contributed by atoms with van der Waals surface area (Å²) < 4.78 is 11.2. The molecule has 0 aliphatic rings. The van der Waals surface area contributed by atoms with Gasteiger partial charge < -0.3 is 14.5 Å². The molecular weight excluding hydrogens is 252 g/mol. The second-order valence-electron chi connectivity index (χ2n) is 5.25. The van der Waals surface area contributed by atoms with Crippen molar-refractivity contribution in [2.75, 3.05) is 27.8 Å². The molecule has 2 rings (SSSR count). The van der Waals surface area contributed by atoms with E-state index in [4.69, 9.17) is 9.15 Å². The number of para-hydroxylation sites is 1. The summed E-state index contributed by atoms with van der Waals surface area (Å²) in [5, 5.41) is 4.43. The van der Waals surface area contributed by atoms with E-state index in [1.54, 1.807) is 7.11 Å². The van der Waals surface area contributed by atoms with Crippen molar-refractivity contribution in [1.29, 1.82) is 0 Å². The van der Waals surface area contributed by atoms with Crippen LogP contribution in [0.1, 0.15) is 18.2 Å². The Morgan fingerprint density at radius 1 is 1.35 bits per heavy atom. The topological polar surface area (TPSA) is 37.6 Å². The van der Waals surface area contributed by atoms with Crippen LogP contribution in [0, 0.1) is 0 Å². The second kappa shape index (κ2) is 6.88. The molecule has 1 atom stereocenters. The van der Waals surface area contributed by atoms with Crippen LogP contribution in [0.25, 0.3) is 11.0 Å². The van der Waals surface area contributed by atoms with E-state index in [1.165, 1.54) is 10.9 Å². The average molecular weight is 276 g/mol. The van der Waals surface area contributed by atoms with Crippen LogP contribution in [-0.4, -0.2) is 38.8 Å². The molecule has 1 aromatic carbocycles. The molecule has 0 saturated carbocycles. The first-order chi connectivity index (χ1) is 9.67. The molecule has 0 spiro atoms. The molecule has 2 aromatic rings. The molecule has 0 bridgehead atoms. The number of hydrogen-bond donors (Lipinski definition) is 1. The van der Waals surface area contributed by atoms with Gasteiger partial charge in [-0.1, -0.05) is 18.2 Å². The quantitative estimate of drug-likeness (QED) is 0.843. The summed E-state index contributed by atoms with van der Waals surface area (Å²) in [4.78, 5) is 2.25. The molecule has 0 radical (unpaired) electrons. The zero-order valence-electron chi connectivity index (χ0n) is 12.8. The van der Waals surface area contributed by atoms with E-state index in [2.05, 4.69) is 36.3 Å². The molecule has 4 heteroatoms. The number of methoxy groups -OCH3 is 1. The number of rotatable bonds is 7. The van der Waals surface area contributed by atoms with Crippen LogP contribution in [0.15, 0.2) is 28.7 Å². The number of nitrogens with one attached hydrogen (secondary N) is 1. The maximum Gasteiger partial charge on any atom is 0.134 e. The lowest BCUT2D eigenvalue weighted by atomic mass is 10.1. The lowest BCUT2D eigenvalue weighted by Gasteiger charge is -2.23. The number of hydrogen-bond acceptors (Lipinski definition) is 4. The summed E-state index contributed by atoms with van der Waals surface area (Å²) in [7, 11) is 5.79. The minimum atomic E-state index is 0.357. The first-order valence-corrected chi connectivity index (χ1v) is 7.00. The maximum absolute atomic E-state index is 6.03. The lowest BCUT2D eigenvalue weighted by molar-refractivity contribution is 0.108. The number of furan rings is 1. The zero-order chi connectivity index (χ0) is 14.5. The highest BCUT2D eigenvalue weighted by molar-refractivity contribution is 5.82. The van der Waals surface area contributed by atoms with E-state index in [1.807, 2.05) is 19.2 Å². The van der Waals surface area contributed by atoms with E-state index in [-0.39, 0.29) is 0 Å². The van der Waals surface area contributed by atoms with Crippen molar-refractivity contribution in [2.45, 2.75) is 26.1 Å². The summed E-state index contributed by atoms with van der Waals surface area (Å²) in [6.07, 6.45) is 0. The predicted octanol–water partition coefficient (Wildman–Crippen LogP) is 2.62. The molecule has 0 saturated heterocycles. The zero-order valence-corrected chi connectivity index (χ0v) is 12.8. The minimum absolute atomic E-state index is 0.357. The van der Waals surface area contributed by atoms with Crippen molar-refractivity contribution >= 4 is 11.0 Å². The number of ether oxygens (including phenoxy) is 1. The number of nitrogens with zero attached hydrogens (tertiary/aromatic N) is 1. The molecule has 0 aliphatic carbocycles. The Balaban J connectivity index is 2.26. The number of likely N-dealkylation sites (N-methyl/N-ethyl adjacent to an activating group) is 1. The van der Waals surface area contributed by atoms with Crippen molar-refractivity contribution in [2.24, 2.45) is 0 Å². The molecule has 1 N–H and O–H groups in total. The van der Waals surface area contributed by atoms with Crippen LogP contribution in [0.3, 0.4) is 0 Å². The summed E-state index contributed by atoms with van der Waals surface area (Å²) in [6, 6.07) is 8.56. The lowest BCUT2D eigenvalue weighted by Crippen LogP contribution is -2.32. The molecular formula is C16H24N2O2. The standard InChI is InChI=1S/C16H24N2O2/c1-12(11-19-4)18(3)10-16-14(9-17-2)13-7-5-6-8-15(13)20-16/h5-8,12,17H,9-11H2,1-4H3. The van der Waals surface area contributed by atoms with Crippen LogP contribution < -0.4 is 5.32 Å². The number of benzene rings is 1. The van der Waals surface area contributed by atoms with E-state index in [0.717, 1.165) is 31.0 Å². The highest BCUT2D eigenvalue weighted by Gasteiger charge is 2.17. The van der Waals surface area contributed by atoms with Gasteiger partial charge in [0.2, 0.25) is 0 Å². The third-order valence-corrected chi connectivity index (χ3v) is 3.69. The summed E-state index contributed by atoms with van der Waals surface area (Å²) in [5.74, 6) is 1.03. The van der Waals surface area contributed by atoms with Gasteiger partial charge in [0, 0.05) is 30.6 Å². The van der Waals surface area contributed by atoms with Crippen molar-refractivity contribution in [3.63, 3.8) is 0 Å². The van der Waals surface area contributed by atoms with Gasteiger partial charge in [0.05, 0.1) is 13.2 Å². The molecule has 20 heavy (non-hydrogen) atoms.